The molecule has 0 aliphatic heterocycles. The van der Waals surface area contributed by atoms with Gasteiger partial charge in [-0.25, -0.2) is 0 Å². The molecule has 0 unspecified atom stereocenters. The molecule has 104 valence electrons. The quantitative estimate of drug-likeness (QED) is 0.597. The summed E-state index contributed by atoms with van der Waals surface area (Å²) in [5.74, 6) is -1.01. The number of hydrogen-bond donors (Lipinski definition) is 2. The van der Waals surface area contributed by atoms with Gasteiger partial charge < -0.3 is 15.6 Å². The van der Waals surface area contributed by atoms with Crippen LogP contribution in [0.1, 0.15) is 19.4 Å². The average Bonchev–Trinajstić information content (AvgIpc) is 2.35. The first kappa shape index (κ1) is 14.9. The lowest BCUT2D eigenvalue weighted by molar-refractivity contribution is -0.386. The van der Waals surface area contributed by atoms with Gasteiger partial charge in [0.25, 0.3) is 0 Å². The predicted molar refractivity (Wildman–Crippen MR) is 67.9 cm³/mol. The molecule has 3 N–H and O–H groups in total. The first-order valence-corrected chi connectivity index (χ1v) is 5.61. The average molecular weight is 268 g/mol. The van der Waals surface area contributed by atoms with E-state index in [1.54, 1.807) is 0 Å². The molecule has 0 atom stereocenters. The fourth-order valence-electron chi connectivity index (χ4n) is 1.27. The first-order valence-electron chi connectivity index (χ1n) is 5.61. The lowest BCUT2D eigenvalue weighted by atomic mass is 9.95. The fourth-order valence-corrected chi connectivity index (χ4v) is 1.27. The van der Waals surface area contributed by atoms with Crippen molar-refractivity contribution < 1.29 is 19.6 Å². The molecule has 0 bridgehead atoms. The Morgan fingerprint density at radius 1 is 1.53 bits per heavy atom. The number of nitro benzene ring substituents is 1. The van der Waals surface area contributed by atoms with Crippen LogP contribution in [0.2, 0.25) is 0 Å². The maximum Gasteiger partial charge on any atom is 0.312 e. The van der Waals surface area contributed by atoms with E-state index in [2.05, 4.69) is 0 Å². The summed E-state index contributed by atoms with van der Waals surface area (Å²) in [6, 6.07) is 4.29. The van der Waals surface area contributed by atoms with Gasteiger partial charge in [-0.2, -0.15) is 0 Å². The summed E-state index contributed by atoms with van der Waals surface area (Å²) < 4.78 is 5.29. The van der Waals surface area contributed by atoms with E-state index in [1.165, 1.54) is 32.0 Å². The third-order valence-corrected chi connectivity index (χ3v) is 2.62. The molecular formula is C12H16N2O5. The van der Waals surface area contributed by atoms with Crippen molar-refractivity contribution >= 4 is 11.7 Å². The number of ether oxygens (including phenoxy) is 1. The van der Waals surface area contributed by atoms with Crippen molar-refractivity contribution in [3.05, 3.63) is 33.9 Å². The topological polar surface area (TPSA) is 116 Å². The smallest absolute Gasteiger partial charge is 0.312 e. The Hall–Kier alpha value is -2.15. The Morgan fingerprint density at radius 3 is 2.63 bits per heavy atom. The number of nitrogens with zero attached hydrogens (tertiary/aromatic N) is 1. The minimum Gasteiger partial charge on any atom is -0.486 e. The van der Waals surface area contributed by atoms with Crippen LogP contribution in [0.25, 0.3) is 0 Å². The van der Waals surface area contributed by atoms with Gasteiger partial charge in [-0.3, -0.25) is 14.9 Å². The molecule has 0 amide bonds. The highest BCUT2D eigenvalue weighted by Gasteiger charge is 2.29. The van der Waals surface area contributed by atoms with Gasteiger partial charge >= 0.3 is 11.7 Å². The number of aliphatic carboxylic acids is 1. The standard InChI is InChI=1S/C12H16N2O5/c1-12(2,11(15)16)7-19-10-5-8(6-13)3-4-9(10)14(17)18/h3-5H,6-7,13H2,1-2H3,(H,15,16). The van der Waals surface area contributed by atoms with Gasteiger partial charge in [-0.1, -0.05) is 6.07 Å². The van der Waals surface area contributed by atoms with Gasteiger partial charge in [0.05, 0.1) is 10.3 Å². The molecule has 0 saturated carbocycles. The second kappa shape index (κ2) is 5.66. The minimum absolute atomic E-state index is 0.0299. The zero-order valence-corrected chi connectivity index (χ0v) is 10.8. The molecular weight excluding hydrogens is 252 g/mol. The zero-order valence-electron chi connectivity index (χ0n) is 10.8. The zero-order chi connectivity index (χ0) is 14.6. The van der Waals surface area contributed by atoms with Gasteiger partial charge in [0.1, 0.15) is 6.61 Å². The van der Waals surface area contributed by atoms with E-state index in [0.29, 0.717) is 5.56 Å². The van der Waals surface area contributed by atoms with Gasteiger partial charge in [0.15, 0.2) is 5.75 Å². The monoisotopic (exact) mass is 268 g/mol. The van der Waals surface area contributed by atoms with Crippen LogP contribution in [-0.2, 0) is 11.3 Å². The number of nitrogens with two attached hydrogens (primary N) is 1. The third kappa shape index (κ3) is 3.65. The molecule has 0 aliphatic carbocycles. The molecule has 7 heteroatoms. The molecule has 1 aromatic rings. The number of nitro groups is 1. The van der Waals surface area contributed by atoms with Gasteiger partial charge in [0, 0.05) is 12.6 Å². The molecule has 0 aromatic heterocycles. The number of carboxylic acids is 1. The molecule has 0 saturated heterocycles. The van der Waals surface area contributed by atoms with Crippen molar-refractivity contribution in [2.75, 3.05) is 6.61 Å². The van der Waals surface area contributed by atoms with E-state index >= 15 is 0 Å². The van der Waals surface area contributed by atoms with Crippen LogP contribution in [0.4, 0.5) is 5.69 Å². The second-order valence-corrected chi connectivity index (χ2v) is 4.74. The predicted octanol–water partition coefficient (Wildman–Crippen LogP) is 1.54. The van der Waals surface area contributed by atoms with Crippen molar-refractivity contribution in [2.45, 2.75) is 20.4 Å². The lowest BCUT2D eigenvalue weighted by Crippen LogP contribution is -2.30. The molecule has 7 nitrogen and oxygen atoms in total. The second-order valence-electron chi connectivity index (χ2n) is 4.74. The largest absolute Gasteiger partial charge is 0.486 e. The maximum atomic E-state index is 11.0. The Balaban J connectivity index is 2.98. The van der Waals surface area contributed by atoms with Crippen LogP contribution in [0.3, 0.4) is 0 Å². The first-order chi connectivity index (χ1) is 8.77. The van der Waals surface area contributed by atoms with Crippen LogP contribution in [0.15, 0.2) is 18.2 Å². The summed E-state index contributed by atoms with van der Waals surface area (Å²) in [5, 5.41) is 19.8. The van der Waals surface area contributed by atoms with E-state index in [9.17, 15) is 14.9 Å². The van der Waals surface area contributed by atoms with E-state index in [0.717, 1.165) is 0 Å². The van der Waals surface area contributed by atoms with Gasteiger partial charge in [-0.05, 0) is 25.5 Å². The van der Waals surface area contributed by atoms with Crippen LogP contribution in [0.5, 0.6) is 5.75 Å². The van der Waals surface area contributed by atoms with E-state index < -0.39 is 16.3 Å². The molecule has 1 aromatic carbocycles. The number of carboxylic acid groups (broad SMARTS) is 1. The fraction of sp³-hybridized carbons (Fsp3) is 0.417. The van der Waals surface area contributed by atoms with Crippen LogP contribution in [-0.4, -0.2) is 22.6 Å². The van der Waals surface area contributed by atoms with E-state index in [1.807, 2.05) is 0 Å². The molecule has 0 heterocycles. The summed E-state index contributed by atoms with van der Waals surface area (Å²) in [6.07, 6.45) is 0. The number of carbonyl (C=O) groups is 1. The Morgan fingerprint density at radius 2 is 2.16 bits per heavy atom. The Kier molecular flexibility index (Phi) is 4.44. The Labute approximate surface area is 110 Å². The van der Waals surface area contributed by atoms with Gasteiger partial charge in [-0.15, -0.1) is 0 Å². The Bertz CT molecular complexity index is 499. The number of benzene rings is 1. The van der Waals surface area contributed by atoms with E-state index in [4.69, 9.17) is 15.6 Å². The summed E-state index contributed by atoms with van der Waals surface area (Å²) in [7, 11) is 0. The summed E-state index contributed by atoms with van der Waals surface area (Å²) >= 11 is 0. The normalized spacial score (nSPS) is 11.1. The number of hydrogen-bond acceptors (Lipinski definition) is 5. The molecule has 0 aliphatic rings. The highest BCUT2D eigenvalue weighted by atomic mass is 16.6. The molecule has 1 rings (SSSR count). The third-order valence-electron chi connectivity index (χ3n) is 2.62. The van der Waals surface area contributed by atoms with Crippen LogP contribution >= 0.6 is 0 Å². The van der Waals surface area contributed by atoms with Crippen molar-refractivity contribution in [1.29, 1.82) is 0 Å². The van der Waals surface area contributed by atoms with Gasteiger partial charge in [0.2, 0.25) is 0 Å². The number of rotatable bonds is 6. The van der Waals surface area contributed by atoms with Crippen molar-refractivity contribution in [2.24, 2.45) is 11.1 Å². The van der Waals surface area contributed by atoms with Crippen LogP contribution < -0.4 is 10.5 Å². The summed E-state index contributed by atoms with van der Waals surface area (Å²) in [5.41, 5.74) is 4.79. The minimum atomic E-state index is -1.13. The van der Waals surface area contributed by atoms with Crippen molar-refractivity contribution in [3.8, 4) is 5.75 Å². The molecule has 0 spiro atoms. The highest BCUT2D eigenvalue weighted by Crippen LogP contribution is 2.29. The maximum absolute atomic E-state index is 11.0. The highest BCUT2D eigenvalue weighted by molar-refractivity contribution is 5.73. The summed E-state index contributed by atoms with van der Waals surface area (Å²) in [4.78, 5) is 21.2. The molecule has 0 radical (unpaired) electrons. The summed E-state index contributed by atoms with van der Waals surface area (Å²) in [6.45, 7) is 3.01. The lowest BCUT2D eigenvalue weighted by Gasteiger charge is -2.19. The van der Waals surface area contributed by atoms with Crippen molar-refractivity contribution in [3.63, 3.8) is 0 Å². The molecule has 19 heavy (non-hydrogen) atoms. The SMILES string of the molecule is CC(C)(COc1cc(CN)ccc1[N+](=O)[O-])C(=O)O. The van der Waals surface area contributed by atoms with Crippen molar-refractivity contribution in [1.82, 2.24) is 0 Å². The van der Waals surface area contributed by atoms with Crippen LogP contribution in [0, 0.1) is 15.5 Å². The van der Waals surface area contributed by atoms with E-state index in [-0.39, 0.29) is 24.6 Å². The molecule has 0 fully saturated rings.